The molecule has 0 radical (unpaired) electrons. The van der Waals surface area contributed by atoms with Crippen LogP contribution in [0.3, 0.4) is 0 Å². The third kappa shape index (κ3) is 3.89. The predicted octanol–water partition coefficient (Wildman–Crippen LogP) is 1.27. The van der Waals surface area contributed by atoms with Gasteiger partial charge in [0, 0.05) is 32.7 Å². The largest absolute Gasteiger partial charge is 0.368 e. The average Bonchev–Trinajstić information content (AvgIpc) is 3.24. The summed E-state index contributed by atoms with van der Waals surface area (Å²) in [4.78, 5) is 4.75. The van der Waals surface area contributed by atoms with E-state index in [1.165, 1.54) is 30.5 Å². The van der Waals surface area contributed by atoms with Gasteiger partial charge in [-0.05, 0) is 30.9 Å². The average molecular weight is 309 g/mol. The lowest BCUT2D eigenvalue weighted by molar-refractivity contribution is 0.585. The van der Waals surface area contributed by atoms with Crippen LogP contribution in [0.4, 0.5) is 11.4 Å². The highest BCUT2D eigenvalue weighted by Gasteiger charge is 2.28. The van der Waals surface area contributed by atoms with E-state index in [1.807, 2.05) is 0 Å². The highest BCUT2D eigenvalue weighted by Crippen LogP contribution is 2.37. The van der Waals surface area contributed by atoms with Gasteiger partial charge in [0.2, 0.25) is 10.0 Å². The van der Waals surface area contributed by atoms with Crippen LogP contribution in [0.1, 0.15) is 12.8 Å². The maximum atomic E-state index is 11.2. The van der Waals surface area contributed by atoms with Gasteiger partial charge in [-0.1, -0.05) is 12.1 Å². The number of nitrogens with zero attached hydrogens (tertiary/aromatic N) is 2. The van der Waals surface area contributed by atoms with Crippen molar-refractivity contribution < 1.29 is 8.42 Å². The minimum absolute atomic E-state index is 0.454. The summed E-state index contributed by atoms with van der Waals surface area (Å²) in [5.74, 6) is 0.872. The van der Waals surface area contributed by atoms with Crippen LogP contribution in [0, 0.1) is 5.92 Å². The van der Waals surface area contributed by atoms with Crippen molar-refractivity contribution in [1.29, 1.82) is 0 Å². The second-order valence-corrected chi connectivity index (χ2v) is 7.86. The molecule has 0 aromatic heterocycles. The maximum Gasteiger partial charge on any atom is 0.208 e. The van der Waals surface area contributed by atoms with Crippen LogP contribution in [0.25, 0.3) is 0 Å². The molecular formula is C15H23N3O2S. The summed E-state index contributed by atoms with van der Waals surface area (Å²) in [5.41, 5.74) is 2.51. The first-order chi connectivity index (χ1) is 10.0. The van der Waals surface area contributed by atoms with Crippen molar-refractivity contribution in [2.45, 2.75) is 12.8 Å². The Kier molecular flexibility index (Phi) is 4.08. The first kappa shape index (κ1) is 14.7. The summed E-state index contributed by atoms with van der Waals surface area (Å²) in [6.07, 6.45) is 3.93. The number of anilines is 2. The van der Waals surface area contributed by atoms with Crippen molar-refractivity contribution in [1.82, 2.24) is 4.72 Å². The Balaban J connectivity index is 1.68. The first-order valence-corrected chi connectivity index (χ1v) is 9.45. The molecule has 1 N–H and O–H groups in total. The van der Waals surface area contributed by atoms with Gasteiger partial charge in [0.25, 0.3) is 0 Å². The fraction of sp³-hybridized carbons (Fsp3) is 0.600. The minimum Gasteiger partial charge on any atom is -0.368 e. The lowest BCUT2D eigenvalue weighted by Crippen LogP contribution is -2.44. The lowest BCUT2D eigenvalue weighted by atomic mass is 10.1. The second-order valence-electron chi connectivity index (χ2n) is 6.03. The van der Waals surface area contributed by atoms with Gasteiger partial charge in [0.05, 0.1) is 17.6 Å². The molecule has 1 aromatic carbocycles. The number of hydrogen-bond acceptors (Lipinski definition) is 4. The molecule has 6 heteroatoms. The molecule has 0 saturated heterocycles. The third-order valence-corrected chi connectivity index (χ3v) is 4.85. The quantitative estimate of drug-likeness (QED) is 0.860. The minimum atomic E-state index is -3.11. The van der Waals surface area contributed by atoms with E-state index in [4.69, 9.17) is 0 Å². The maximum absolute atomic E-state index is 11.2. The fourth-order valence-electron chi connectivity index (χ4n) is 2.88. The molecule has 0 spiro atoms. The Morgan fingerprint density at radius 1 is 1.14 bits per heavy atom. The van der Waals surface area contributed by atoms with Crippen molar-refractivity contribution in [2.75, 3.05) is 48.8 Å². The van der Waals surface area contributed by atoms with Crippen LogP contribution < -0.4 is 14.5 Å². The number of para-hydroxylation sites is 2. The molecule has 0 unspecified atom stereocenters. The lowest BCUT2D eigenvalue weighted by Gasteiger charge is -2.39. The summed E-state index contributed by atoms with van der Waals surface area (Å²) >= 11 is 0. The van der Waals surface area contributed by atoms with Crippen molar-refractivity contribution in [2.24, 2.45) is 5.92 Å². The SMILES string of the molecule is CS(=O)(=O)NCCN1CCN(CC2CC2)c2ccccc21. The molecule has 3 rings (SSSR count). The van der Waals surface area contributed by atoms with Gasteiger partial charge >= 0.3 is 0 Å². The van der Waals surface area contributed by atoms with Gasteiger partial charge in [-0.3, -0.25) is 0 Å². The molecule has 1 aliphatic heterocycles. The zero-order valence-electron chi connectivity index (χ0n) is 12.5. The highest BCUT2D eigenvalue weighted by atomic mass is 32.2. The number of nitrogens with one attached hydrogen (secondary N) is 1. The molecule has 1 aliphatic carbocycles. The van der Waals surface area contributed by atoms with Gasteiger partial charge in [-0.15, -0.1) is 0 Å². The number of fused-ring (bicyclic) bond motifs is 1. The summed E-state index contributed by atoms with van der Waals surface area (Å²) < 4.78 is 24.9. The fourth-order valence-corrected chi connectivity index (χ4v) is 3.34. The van der Waals surface area contributed by atoms with Crippen LogP contribution in [-0.4, -0.2) is 47.4 Å². The predicted molar refractivity (Wildman–Crippen MR) is 86.4 cm³/mol. The Hall–Kier alpha value is -1.27. The van der Waals surface area contributed by atoms with E-state index < -0.39 is 10.0 Å². The van der Waals surface area contributed by atoms with Crippen molar-refractivity contribution in [3.8, 4) is 0 Å². The molecule has 21 heavy (non-hydrogen) atoms. The molecule has 0 bridgehead atoms. The monoisotopic (exact) mass is 309 g/mol. The summed E-state index contributed by atoms with van der Waals surface area (Å²) in [5, 5.41) is 0. The van der Waals surface area contributed by atoms with Crippen LogP contribution >= 0.6 is 0 Å². The van der Waals surface area contributed by atoms with E-state index in [-0.39, 0.29) is 0 Å². The number of benzene rings is 1. The summed E-state index contributed by atoms with van der Waals surface area (Å²) in [6.45, 7) is 4.30. The van der Waals surface area contributed by atoms with Crippen molar-refractivity contribution >= 4 is 21.4 Å². The van der Waals surface area contributed by atoms with Gasteiger partial charge in [-0.2, -0.15) is 0 Å². The van der Waals surface area contributed by atoms with Gasteiger partial charge in [-0.25, -0.2) is 13.1 Å². The first-order valence-electron chi connectivity index (χ1n) is 7.56. The van der Waals surface area contributed by atoms with Gasteiger partial charge < -0.3 is 9.80 Å². The normalized spacial score (nSPS) is 18.7. The van der Waals surface area contributed by atoms with E-state index in [9.17, 15) is 8.42 Å². The molecule has 2 aliphatic rings. The second kappa shape index (κ2) is 5.85. The van der Waals surface area contributed by atoms with Crippen molar-refractivity contribution in [3.05, 3.63) is 24.3 Å². The third-order valence-electron chi connectivity index (χ3n) is 4.12. The van der Waals surface area contributed by atoms with E-state index >= 15 is 0 Å². The Bertz CT molecular complexity index is 599. The molecule has 1 heterocycles. The van der Waals surface area contributed by atoms with Gasteiger partial charge in [0.15, 0.2) is 0 Å². The zero-order chi connectivity index (χ0) is 14.9. The molecule has 1 saturated carbocycles. The highest BCUT2D eigenvalue weighted by molar-refractivity contribution is 7.88. The topological polar surface area (TPSA) is 52.7 Å². The Morgan fingerprint density at radius 3 is 2.38 bits per heavy atom. The van der Waals surface area contributed by atoms with E-state index in [0.29, 0.717) is 13.1 Å². The number of hydrogen-bond donors (Lipinski definition) is 1. The molecule has 116 valence electrons. The van der Waals surface area contributed by atoms with E-state index in [2.05, 4.69) is 38.8 Å². The molecule has 0 amide bonds. The zero-order valence-corrected chi connectivity index (χ0v) is 13.3. The van der Waals surface area contributed by atoms with E-state index in [0.717, 1.165) is 25.6 Å². The molecule has 0 atom stereocenters. The van der Waals surface area contributed by atoms with Crippen molar-refractivity contribution in [3.63, 3.8) is 0 Å². The number of sulfonamides is 1. The Labute approximate surface area is 127 Å². The van der Waals surface area contributed by atoms with Crippen LogP contribution in [-0.2, 0) is 10.0 Å². The standard InChI is InChI=1S/C15H23N3O2S/c1-21(19,20)16-8-9-17-10-11-18(12-13-6-7-13)15-5-3-2-4-14(15)17/h2-5,13,16H,6-12H2,1H3. The summed E-state index contributed by atoms with van der Waals surface area (Å²) in [7, 11) is -3.11. The molecule has 1 aromatic rings. The molecule has 1 fully saturated rings. The van der Waals surface area contributed by atoms with Crippen LogP contribution in [0.15, 0.2) is 24.3 Å². The Morgan fingerprint density at radius 2 is 1.76 bits per heavy atom. The smallest absolute Gasteiger partial charge is 0.208 e. The van der Waals surface area contributed by atoms with Crippen LogP contribution in [0.5, 0.6) is 0 Å². The van der Waals surface area contributed by atoms with E-state index in [1.54, 1.807) is 0 Å². The molecular weight excluding hydrogens is 286 g/mol. The van der Waals surface area contributed by atoms with Crippen LogP contribution in [0.2, 0.25) is 0 Å². The number of rotatable bonds is 6. The summed E-state index contributed by atoms with van der Waals surface area (Å²) in [6, 6.07) is 8.44. The molecule has 5 nitrogen and oxygen atoms in total. The van der Waals surface area contributed by atoms with Gasteiger partial charge in [0.1, 0.15) is 0 Å².